The largest absolute Gasteiger partial charge is 0.392 e. The van der Waals surface area contributed by atoms with Gasteiger partial charge in [-0.3, -0.25) is 0 Å². The van der Waals surface area contributed by atoms with E-state index in [-0.39, 0.29) is 17.6 Å². The van der Waals surface area contributed by atoms with Crippen molar-refractivity contribution in [2.24, 2.45) is 5.41 Å². The molecule has 2 saturated carbocycles. The lowest BCUT2D eigenvalue weighted by atomic mass is 9.62. The lowest BCUT2D eigenvalue weighted by Crippen LogP contribution is -2.49. The van der Waals surface area contributed by atoms with Crippen LogP contribution < -0.4 is 0 Å². The molecule has 2 rings (SSSR count). The third-order valence-corrected chi connectivity index (χ3v) is 4.07. The molecule has 0 aliphatic heterocycles. The molecule has 13 heavy (non-hydrogen) atoms. The van der Waals surface area contributed by atoms with Gasteiger partial charge in [-0.2, -0.15) is 0 Å². The van der Waals surface area contributed by atoms with Crippen molar-refractivity contribution in [3.8, 4) is 0 Å². The quantitative estimate of drug-likeness (QED) is 0.603. The first kappa shape index (κ1) is 9.47. The molecule has 0 aromatic carbocycles. The molecule has 2 nitrogen and oxygen atoms in total. The molecule has 1 unspecified atom stereocenters. The zero-order chi connectivity index (χ0) is 9.31. The second-order valence-electron chi connectivity index (χ2n) is 4.76. The molecule has 0 heterocycles. The van der Waals surface area contributed by atoms with Gasteiger partial charge in [0.25, 0.3) is 0 Å². The second-order valence-corrected chi connectivity index (χ2v) is 4.76. The van der Waals surface area contributed by atoms with Gasteiger partial charge in [-0.1, -0.05) is 25.7 Å². The van der Waals surface area contributed by atoms with Crippen LogP contribution in [0.5, 0.6) is 0 Å². The Hall–Kier alpha value is -0.0800. The van der Waals surface area contributed by atoms with E-state index in [0.29, 0.717) is 0 Å². The fraction of sp³-hybridized carbons (Fsp3) is 1.00. The van der Waals surface area contributed by atoms with Crippen molar-refractivity contribution < 1.29 is 10.2 Å². The Morgan fingerprint density at radius 2 is 1.23 bits per heavy atom. The number of hydrogen-bond acceptors (Lipinski definition) is 2. The Morgan fingerprint density at radius 3 is 1.62 bits per heavy atom. The zero-order valence-corrected chi connectivity index (χ0v) is 8.21. The Balaban J connectivity index is 2.13. The lowest BCUT2D eigenvalue weighted by molar-refractivity contribution is -0.116. The monoisotopic (exact) mass is 184 g/mol. The molecule has 2 heteroatoms. The summed E-state index contributed by atoms with van der Waals surface area (Å²) in [5, 5.41) is 20.0. The highest BCUT2D eigenvalue weighted by Gasteiger charge is 2.46. The Morgan fingerprint density at radius 1 is 0.769 bits per heavy atom. The van der Waals surface area contributed by atoms with Crippen LogP contribution in [0.2, 0.25) is 0 Å². The van der Waals surface area contributed by atoms with E-state index in [4.69, 9.17) is 0 Å². The van der Waals surface area contributed by atoms with Crippen LogP contribution in [0.25, 0.3) is 0 Å². The van der Waals surface area contributed by atoms with Crippen molar-refractivity contribution in [1.82, 2.24) is 0 Å². The van der Waals surface area contributed by atoms with Crippen LogP contribution >= 0.6 is 0 Å². The first-order valence-electron chi connectivity index (χ1n) is 5.62. The SMILES string of the molecule is O[C@@H]1CCCCC12CCCC[C@@H]2O. The van der Waals surface area contributed by atoms with Crippen LogP contribution in [0.4, 0.5) is 0 Å². The molecule has 0 aromatic heterocycles. The highest BCUT2D eigenvalue weighted by Crippen LogP contribution is 2.47. The Kier molecular flexibility index (Phi) is 2.61. The average molecular weight is 184 g/mol. The number of hydrogen-bond donors (Lipinski definition) is 2. The number of rotatable bonds is 0. The summed E-state index contributed by atoms with van der Waals surface area (Å²) >= 11 is 0. The summed E-state index contributed by atoms with van der Waals surface area (Å²) in [5.74, 6) is 0. The molecule has 0 amide bonds. The molecular weight excluding hydrogens is 164 g/mol. The number of aliphatic hydroxyl groups is 2. The summed E-state index contributed by atoms with van der Waals surface area (Å²) in [4.78, 5) is 0. The summed E-state index contributed by atoms with van der Waals surface area (Å²) in [5.41, 5.74) is -0.115. The molecule has 2 N–H and O–H groups in total. The minimum Gasteiger partial charge on any atom is -0.392 e. The first-order chi connectivity index (χ1) is 6.26. The molecule has 76 valence electrons. The van der Waals surface area contributed by atoms with Crippen LogP contribution in [-0.4, -0.2) is 22.4 Å². The van der Waals surface area contributed by atoms with Crippen molar-refractivity contribution in [3.63, 3.8) is 0 Å². The highest BCUT2D eigenvalue weighted by molar-refractivity contribution is 4.97. The second kappa shape index (κ2) is 3.58. The van der Waals surface area contributed by atoms with E-state index in [2.05, 4.69) is 0 Å². The van der Waals surface area contributed by atoms with E-state index in [1.165, 1.54) is 12.8 Å². The molecule has 2 fully saturated rings. The van der Waals surface area contributed by atoms with Gasteiger partial charge >= 0.3 is 0 Å². The van der Waals surface area contributed by atoms with Crippen molar-refractivity contribution in [2.75, 3.05) is 0 Å². The van der Waals surface area contributed by atoms with E-state index < -0.39 is 0 Å². The van der Waals surface area contributed by atoms with Crippen LogP contribution in [-0.2, 0) is 0 Å². The van der Waals surface area contributed by atoms with Gasteiger partial charge in [0.05, 0.1) is 12.2 Å². The summed E-state index contributed by atoms with van der Waals surface area (Å²) in [6, 6.07) is 0. The average Bonchev–Trinajstić information content (AvgIpc) is 2.15. The first-order valence-corrected chi connectivity index (χ1v) is 5.62. The predicted octanol–water partition coefficient (Wildman–Crippen LogP) is 1.84. The number of aliphatic hydroxyl groups excluding tert-OH is 2. The van der Waals surface area contributed by atoms with Gasteiger partial charge in [0.2, 0.25) is 0 Å². The predicted molar refractivity (Wildman–Crippen MR) is 51.4 cm³/mol. The fourth-order valence-electron chi connectivity index (χ4n) is 3.17. The lowest BCUT2D eigenvalue weighted by Gasteiger charge is -2.47. The van der Waals surface area contributed by atoms with Gasteiger partial charge in [-0.15, -0.1) is 0 Å². The van der Waals surface area contributed by atoms with Gasteiger partial charge < -0.3 is 10.2 Å². The van der Waals surface area contributed by atoms with Crippen molar-refractivity contribution in [2.45, 2.75) is 63.6 Å². The van der Waals surface area contributed by atoms with E-state index in [1.54, 1.807) is 0 Å². The van der Waals surface area contributed by atoms with Gasteiger partial charge in [0.15, 0.2) is 0 Å². The third-order valence-electron chi connectivity index (χ3n) is 4.07. The van der Waals surface area contributed by atoms with Crippen LogP contribution in [0.15, 0.2) is 0 Å². The van der Waals surface area contributed by atoms with Gasteiger partial charge in [-0.05, 0) is 25.7 Å². The standard InChI is InChI=1S/C11H20O2/c12-9-5-1-3-7-11(9)8-4-2-6-10(11)13/h9-10,12-13H,1-8H2/t9-,10+,11?. The molecule has 2 aliphatic carbocycles. The molecule has 0 bridgehead atoms. The molecule has 2 aliphatic rings. The van der Waals surface area contributed by atoms with Crippen molar-refractivity contribution >= 4 is 0 Å². The third kappa shape index (κ3) is 1.50. The molecule has 0 aromatic rings. The maximum Gasteiger partial charge on any atom is 0.0621 e. The van der Waals surface area contributed by atoms with E-state index in [1.807, 2.05) is 0 Å². The van der Waals surface area contributed by atoms with Crippen molar-refractivity contribution in [1.29, 1.82) is 0 Å². The zero-order valence-electron chi connectivity index (χ0n) is 8.21. The normalized spacial score (nSPS) is 46.6. The van der Waals surface area contributed by atoms with Gasteiger partial charge in [-0.25, -0.2) is 0 Å². The molecule has 1 spiro atoms. The summed E-state index contributed by atoms with van der Waals surface area (Å²) in [6.45, 7) is 0. The minimum atomic E-state index is -0.239. The summed E-state index contributed by atoms with van der Waals surface area (Å²) < 4.78 is 0. The molecule has 3 atom stereocenters. The maximum absolute atomic E-state index is 9.99. The Labute approximate surface area is 80.0 Å². The van der Waals surface area contributed by atoms with Crippen molar-refractivity contribution in [3.05, 3.63) is 0 Å². The maximum atomic E-state index is 9.99. The van der Waals surface area contributed by atoms with Gasteiger partial charge in [0.1, 0.15) is 0 Å². The van der Waals surface area contributed by atoms with Crippen LogP contribution in [0, 0.1) is 5.41 Å². The van der Waals surface area contributed by atoms with Crippen LogP contribution in [0.3, 0.4) is 0 Å². The summed E-state index contributed by atoms with van der Waals surface area (Å²) in [7, 11) is 0. The van der Waals surface area contributed by atoms with Gasteiger partial charge in [0, 0.05) is 5.41 Å². The van der Waals surface area contributed by atoms with Crippen LogP contribution in [0.1, 0.15) is 51.4 Å². The van der Waals surface area contributed by atoms with E-state index in [0.717, 1.165) is 38.5 Å². The van der Waals surface area contributed by atoms with E-state index >= 15 is 0 Å². The fourth-order valence-corrected chi connectivity index (χ4v) is 3.17. The summed E-state index contributed by atoms with van der Waals surface area (Å²) in [6.07, 6.45) is 8.04. The highest BCUT2D eigenvalue weighted by atomic mass is 16.3. The van der Waals surface area contributed by atoms with E-state index in [9.17, 15) is 10.2 Å². The topological polar surface area (TPSA) is 40.5 Å². The smallest absolute Gasteiger partial charge is 0.0621 e. The molecule has 0 saturated heterocycles. The molecular formula is C11H20O2. The minimum absolute atomic E-state index is 0.115. The molecule has 0 radical (unpaired) electrons. The Bertz CT molecular complexity index is 159.